The maximum Gasteiger partial charge on any atom is 0.223 e. The zero-order valence-corrected chi connectivity index (χ0v) is 16.4. The van der Waals surface area contributed by atoms with E-state index in [1.165, 1.54) is 19.3 Å². The van der Waals surface area contributed by atoms with Crippen LogP contribution in [-0.2, 0) is 4.79 Å². The molecule has 3 atom stereocenters. The van der Waals surface area contributed by atoms with Crippen LogP contribution in [0.3, 0.4) is 0 Å². The van der Waals surface area contributed by atoms with E-state index in [1.54, 1.807) is 10.9 Å². The van der Waals surface area contributed by atoms with Crippen LogP contribution in [0.1, 0.15) is 50.6 Å². The van der Waals surface area contributed by atoms with Gasteiger partial charge in [0.2, 0.25) is 5.91 Å². The van der Waals surface area contributed by atoms with Crippen molar-refractivity contribution in [3.63, 3.8) is 0 Å². The minimum Gasteiger partial charge on any atom is -0.349 e. The van der Waals surface area contributed by atoms with E-state index in [-0.39, 0.29) is 30.3 Å². The lowest BCUT2D eigenvalue weighted by atomic mass is 9.65. The summed E-state index contributed by atoms with van der Waals surface area (Å²) in [5.41, 5.74) is 8.40. The Kier molecular flexibility index (Phi) is 6.17. The number of hydrogen-bond acceptors (Lipinski definition) is 4. The number of nitrogens with zero attached hydrogens (tertiary/aromatic N) is 3. The van der Waals surface area contributed by atoms with E-state index in [2.05, 4.69) is 15.6 Å². The molecule has 0 spiro atoms. The molecule has 2 aliphatic rings. The van der Waals surface area contributed by atoms with Crippen LogP contribution in [0, 0.1) is 17.8 Å². The molecule has 0 aliphatic heterocycles. The van der Waals surface area contributed by atoms with Crippen molar-refractivity contribution < 1.29 is 4.79 Å². The molecule has 2 fully saturated rings. The van der Waals surface area contributed by atoms with Crippen molar-refractivity contribution >= 4 is 18.3 Å². The molecule has 3 unspecified atom stereocenters. The van der Waals surface area contributed by atoms with Crippen molar-refractivity contribution in [2.75, 3.05) is 0 Å². The van der Waals surface area contributed by atoms with E-state index in [0.29, 0.717) is 17.9 Å². The van der Waals surface area contributed by atoms with Crippen molar-refractivity contribution in [2.45, 2.75) is 51.1 Å². The van der Waals surface area contributed by atoms with E-state index in [4.69, 9.17) is 5.73 Å². The molecule has 1 amide bonds. The quantitative estimate of drug-likeness (QED) is 0.841. The lowest BCUT2D eigenvalue weighted by molar-refractivity contribution is -0.128. The maximum atomic E-state index is 12.8. The zero-order chi connectivity index (χ0) is 18.1. The molecule has 0 saturated heterocycles. The Morgan fingerprint density at radius 3 is 2.48 bits per heavy atom. The number of hydrogen-bond donors (Lipinski definition) is 2. The summed E-state index contributed by atoms with van der Waals surface area (Å²) in [5.74, 6) is 1.34. The Bertz CT molecular complexity index is 734. The van der Waals surface area contributed by atoms with Gasteiger partial charge in [0.25, 0.3) is 0 Å². The molecule has 2 aromatic rings. The number of halogens is 1. The Morgan fingerprint density at radius 2 is 1.89 bits per heavy atom. The highest BCUT2D eigenvalue weighted by Crippen LogP contribution is 2.42. The maximum absolute atomic E-state index is 12.8. The van der Waals surface area contributed by atoms with Gasteiger partial charge in [0.1, 0.15) is 0 Å². The number of carbonyl (C=O) groups is 1. The molecule has 1 aromatic heterocycles. The second kappa shape index (κ2) is 8.40. The molecule has 0 radical (unpaired) electrons. The van der Waals surface area contributed by atoms with E-state index in [1.807, 2.05) is 37.4 Å². The zero-order valence-electron chi connectivity index (χ0n) is 15.6. The second-order valence-electron chi connectivity index (χ2n) is 7.87. The second-order valence-corrected chi connectivity index (χ2v) is 7.87. The fourth-order valence-electron chi connectivity index (χ4n) is 4.68. The van der Waals surface area contributed by atoms with Crippen LogP contribution in [0.2, 0.25) is 0 Å². The molecular weight excluding hydrogens is 362 g/mol. The number of carbonyl (C=O) groups excluding carboxylic acids is 1. The largest absolute Gasteiger partial charge is 0.349 e. The monoisotopic (exact) mass is 389 g/mol. The lowest BCUT2D eigenvalue weighted by Gasteiger charge is -2.43. The number of nitrogens with two attached hydrogens (primary N) is 1. The van der Waals surface area contributed by atoms with Gasteiger partial charge in [0.05, 0.1) is 24.1 Å². The fourth-order valence-corrected chi connectivity index (χ4v) is 4.68. The summed E-state index contributed by atoms with van der Waals surface area (Å²) in [6, 6.07) is 8.35. The predicted molar refractivity (Wildman–Crippen MR) is 107 cm³/mol. The summed E-state index contributed by atoms with van der Waals surface area (Å²) in [7, 11) is 0. The van der Waals surface area contributed by atoms with E-state index >= 15 is 0 Å². The molecule has 4 rings (SSSR count). The number of nitrogens with one attached hydrogen (secondary N) is 1. The highest BCUT2D eigenvalue weighted by Gasteiger charge is 2.40. The molecule has 2 aliphatic carbocycles. The molecule has 27 heavy (non-hydrogen) atoms. The van der Waals surface area contributed by atoms with Gasteiger partial charge in [-0.25, -0.2) is 4.68 Å². The van der Waals surface area contributed by atoms with E-state index < -0.39 is 0 Å². The van der Waals surface area contributed by atoms with E-state index in [9.17, 15) is 4.79 Å². The van der Waals surface area contributed by atoms with Gasteiger partial charge in [-0.05, 0) is 62.1 Å². The van der Waals surface area contributed by atoms with Gasteiger partial charge in [-0.3, -0.25) is 4.79 Å². The van der Waals surface area contributed by atoms with Crippen LogP contribution >= 0.6 is 12.4 Å². The number of aromatic nitrogens is 3. The molecule has 6 nitrogen and oxygen atoms in total. The van der Waals surface area contributed by atoms with Gasteiger partial charge in [-0.15, -0.1) is 17.5 Å². The Hall–Kier alpha value is -1.92. The number of amides is 1. The highest BCUT2D eigenvalue weighted by molar-refractivity contribution is 5.85. The molecule has 2 bridgehead atoms. The smallest absolute Gasteiger partial charge is 0.223 e. The summed E-state index contributed by atoms with van der Waals surface area (Å²) in [6.45, 7) is 2.04. The summed E-state index contributed by atoms with van der Waals surface area (Å²) in [5, 5.41) is 11.0. The standard InChI is InChI=1S/C20H27N5O.ClH/c1-13(14-5-7-18(8-6-14)25-10-9-22-24-25)23-20(26)17-11-15-3-2-4-16(12-17)19(15)21;/h5-10,13,15-17,19H,2-4,11-12,21H2,1H3,(H,23,26);1H. The summed E-state index contributed by atoms with van der Waals surface area (Å²) >= 11 is 0. The lowest BCUT2D eigenvalue weighted by Crippen LogP contribution is -2.49. The molecule has 1 aromatic carbocycles. The minimum absolute atomic E-state index is 0. The molecule has 3 N–H and O–H groups in total. The molecule has 1 heterocycles. The summed E-state index contributed by atoms with van der Waals surface area (Å²) in [4.78, 5) is 12.8. The van der Waals surface area contributed by atoms with Crippen LogP contribution < -0.4 is 11.1 Å². The first-order valence-electron chi connectivity index (χ1n) is 9.64. The number of benzene rings is 1. The van der Waals surface area contributed by atoms with Gasteiger partial charge in [0, 0.05) is 12.0 Å². The van der Waals surface area contributed by atoms with Crippen LogP contribution in [-0.4, -0.2) is 26.9 Å². The number of rotatable bonds is 4. The highest BCUT2D eigenvalue weighted by atomic mass is 35.5. The molecule has 2 saturated carbocycles. The van der Waals surface area contributed by atoms with Crippen molar-refractivity contribution in [2.24, 2.45) is 23.5 Å². The van der Waals surface area contributed by atoms with Gasteiger partial charge < -0.3 is 11.1 Å². The van der Waals surface area contributed by atoms with Gasteiger partial charge in [-0.2, -0.15) is 0 Å². The third kappa shape index (κ3) is 4.17. The normalized spacial score (nSPS) is 28.1. The minimum atomic E-state index is -0.0114. The summed E-state index contributed by atoms with van der Waals surface area (Å²) in [6.07, 6.45) is 8.99. The topological polar surface area (TPSA) is 85.8 Å². The van der Waals surface area contributed by atoms with Crippen molar-refractivity contribution in [1.82, 2.24) is 20.3 Å². The van der Waals surface area contributed by atoms with Gasteiger partial charge >= 0.3 is 0 Å². The summed E-state index contributed by atoms with van der Waals surface area (Å²) < 4.78 is 1.72. The Morgan fingerprint density at radius 1 is 1.22 bits per heavy atom. The SMILES string of the molecule is CC(NC(=O)C1CC2CCCC(C1)C2N)c1ccc(-n2ccnn2)cc1.Cl. The van der Waals surface area contributed by atoms with Gasteiger partial charge in [-0.1, -0.05) is 23.8 Å². The van der Waals surface area contributed by atoms with Crippen LogP contribution in [0.25, 0.3) is 5.69 Å². The Balaban J connectivity index is 0.00000210. The average molecular weight is 390 g/mol. The van der Waals surface area contributed by atoms with Crippen LogP contribution in [0.15, 0.2) is 36.7 Å². The third-order valence-electron chi connectivity index (χ3n) is 6.22. The van der Waals surface area contributed by atoms with Crippen LogP contribution in [0.5, 0.6) is 0 Å². The van der Waals surface area contributed by atoms with Crippen molar-refractivity contribution in [1.29, 1.82) is 0 Å². The van der Waals surface area contributed by atoms with Crippen molar-refractivity contribution in [3.05, 3.63) is 42.2 Å². The first kappa shape index (κ1) is 19.8. The molecular formula is C20H28ClN5O. The first-order valence-corrected chi connectivity index (χ1v) is 9.64. The third-order valence-corrected chi connectivity index (χ3v) is 6.22. The van der Waals surface area contributed by atoms with Crippen molar-refractivity contribution in [3.8, 4) is 5.69 Å². The fraction of sp³-hybridized carbons (Fsp3) is 0.550. The first-order chi connectivity index (χ1) is 12.6. The van der Waals surface area contributed by atoms with E-state index in [0.717, 1.165) is 24.1 Å². The molecule has 146 valence electrons. The van der Waals surface area contributed by atoms with Crippen LogP contribution in [0.4, 0.5) is 0 Å². The number of fused-ring (bicyclic) bond motifs is 2. The molecule has 7 heteroatoms. The van der Waals surface area contributed by atoms with Gasteiger partial charge in [0.15, 0.2) is 0 Å². The Labute approximate surface area is 166 Å². The average Bonchev–Trinajstić information content (AvgIpc) is 3.16. The predicted octanol–water partition coefficient (Wildman–Crippen LogP) is 3.02.